The highest BCUT2D eigenvalue weighted by Gasteiger charge is 2.05. The Balaban J connectivity index is 2.11. The van der Waals surface area contributed by atoms with E-state index in [4.69, 9.17) is 0 Å². The molecule has 0 saturated carbocycles. The van der Waals surface area contributed by atoms with Crippen LogP contribution in [0.2, 0.25) is 0 Å². The van der Waals surface area contributed by atoms with Gasteiger partial charge in [0, 0.05) is 10.9 Å². The van der Waals surface area contributed by atoms with Crippen molar-refractivity contribution in [3.05, 3.63) is 22.4 Å². The molecule has 2 heteroatoms. The molecular formula is C13H23NS. The van der Waals surface area contributed by atoms with Crippen molar-refractivity contribution in [1.29, 1.82) is 0 Å². The Morgan fingerprint density at radius 2 is 2.13 bits per heavy atom. The third-order valence-corrected chi connectivity index (χ3v) is 3.81. The minimum atomic E-state index is 0.727. The van der Waals surface area contributed by atoms with E-state index in [1.807, 2.05) is 11.3 Å². The summed E-state index contributed by atoms with van der Waals surface area (Å²) < 4.78 is 0. The zero-order chi connectivity index (χ0) is 10.9. The average Bonchev–Trinajstić information content (AvgIpc) is 2.76. The molecule has 0 aliphatic carbocycles. The van der Waals surface area contributed by atoms with Crippen molar-refractivity contribution in [2.45, 2.75) is 51.5 Å². The third-order valence-electron chi connectivity index (χ3n) is 2.87. The van der Waals surface area contributed by atoms with Crippen molar-refractivity contribution in [3.8, 4) is 0 Å². The van der Waals surface area contributed by atoms with Gasteiger partial charge in [-0.3, -0.25) is 0 Å². The highest BCUT2D eigenvalue weighted by molar-refractivity contribution is 7.09. The second kappa shape index (κ2) is 7.89. The summed E-state index contributed by atoms with van der Waals surface area (Å²) in [6.07, 6.45) is 7.87. The van der Waals surface area contributed by atoms with E-state index in [9.17, 15) is 0 Å². The Bertz CT molecular complexity index is 231. The monoisotopic (exact) mass is 225 g/mol. The zero-order valence-electron chi connectivity index (χ0n) is 9.96. The van der Waals surface area contributed by atoms with Crippen LogP contribution in [0.15, 0.2) is 17.5 Å². The average molecular weight is 225 g/mol. The lowest BCUT2D eigenvalue weighted by Crippen LogP contribution is -2.24. The van der Waals surface area contributed by atoms with Gasteiger partial charge in [0.25, 0.3) is 0 Å². The summed E-state index contributed by atoms with van der Waals surface area (Å²) in [6, 6.07) is 5.11. The van der Waals surface area contributed by atoms with E-state index >= 15 is 0 Å². The smallest absolute Gasteiger partial charge is 0.00641 e. The maximum atomic E-state index is 3.42. The van der Waals surface area contributed by atoms with Crippen LogP contribution in [0, 0.1) is 0 Å². The number of nitrogens with one attached hydrogen (secondary N) is 1. The molecule has 0 bridgehead atoms. The van der Waals surface area contributed by atoms with Gasteiger partial charge in [0.15, 0.2) is 0 Å². The van der Waals surface area contributed by atoms with Gasteiger partial charge in [-0.2, -0.15) is 0 Å². The van der Waals surface area contributed by atoms with Crippen molar-refractivity contribution in [2.75, 3.05) is 7.05 Å². The predicted molar refractivity (Wildman–Crippen MR) is 69.6 cm³/mol. The molecule has 1 rings (SSSR count). The summed E-state index contributed by atoms with van der Waals surface area (Å²) in [5, 5.41) is 5.59. The summed E-state index contributed by atoms with van der Waals surface area (Å²) in [6.45, 7) is 2.26. The highest BCUT2D eigenvalue weighted by Crippen LogP contribution is 2.14. The van der Waals surface area contributed by atoms with E-state index in [1.54, 1.807) is 0 Å². The van der Waals surface area contributed by atoms with E-state index < -0.39 is 0 Å². The van der Waals surface area contributed by atoms with Crippen molar-refractivity contribution < 1.29 is 0 Å². The van der Waals surface area contributed by atoms with Crippen LogP contribution in [0.4, 0.5) is 0 Å². The number of aryl methyl sites for hydroxylation is 1. The molecule has 0 spiro atoms. The molecule has 0 aliphatic rings. The molecule has 0 aromatic carbocycles. The Labute approximate surface area is 97.9 Å². The molecule has 0 radical (unpaired) electrons. The molecular weight excluding hydrogens is 202 g/mol. The fourth-order valence-electron chi connectivity index (χ4n) is 1.86. The van der Waals surface area contributed by atoms with Crippen molar-refractivity contribution in [1.82, 2.24) is 5.32 Å². The van der Waals surface area contributed by atoms with Crippen molar-refractivity contribution in [3.63, 3.8) is 0 Å². The van der Waals surface area contributed by atoms with Gasteiger partial charge < -0.3 is 5.32 Å². The standard InChI is InChI=1S/C13H23NS/c1-3-4-7-12(14-2)8-5-9-13-10-6-11-15-13/h6,10-12,14H,3-5,7-9H2,1-2H3. The van der Waals surface area contributed by atoms with Gasteiger partial charge in [0.2, 0.25) is 0 Å². The van der Waals surface area contributed by atoms with Crippen molar-refractivity contribution >= 4 is 11.3 Å². The number of hydrogen-bond donors (Lipinski definition) is 1. The van der Waals surface area contributed by atoms with Gasteiger partial charge in [0.1, 0.15) is 0 Å². The first-order chi connectivity index (χ1) is 7.36. The molecule has 1 aromatic heterocycles. The molecule has 0 amide bonds. The Morgan fingerprint density at radius 1 is 1.33 bits per heavy atom. The van der Waals surface area contributed by atoms with Gasteiger partial charge in [0.05, 0.1) is 0 Å². The predicted octanol–water partition coefficient (Wildman–Crippen LogP) is 3.85. The maximum Gasteiger partial charge on any atom is 0.00641 e. The normalized spacial score (nSPS) is 12.9. The maximum absolute atomic E-state index is 3.42. The number of thiophene rings is 1. The van der Waals surface area contributed by atoms with Gasteiger partial charge in [-0.05, 0) is 44.2 Å². The molecule has 0 saturated heterocycles. The fraction of sp³-hybridized carbons (Fsp3) is 0.692. The van der Waals surface area contributed by atoms with Crippen LogP contribution in [-0.4, -0.2) is 13.1 Å². The molecule has 0 fully saturated rings. The van der Waals surface area contributed by atoms with Crippen molar-refractivity contribution in [2.24, 2.45) is 0 Å². The summed E-state index contributed by atoms with van der Waals surface area (Å²) >= 11 is 1.88. The lowest BCUT2D eigenvalue weighted by Gasteiger charge is -2.15. The molecule has 86 valence electrons. The third kappa shape index (κ3) is 5.33. The second-order valence-corrected chi connectivity index (χ2v) is 5.13. The van der Waals surface area contributed by atoms with Gasteiger partial charge in [-0.15, -0.1) is 11.3 Å². The largest absolute Gasteiger partial charge is 0.317 e. The molecule has 1 nitrogen and oxygen atoms in total. The van der Waals surface area contributed by atoms with Crippen LogP contribution in [-0.2, 0) is 6.42 Å². The second-order valence-electron chi connectivity index (χ2n) is 4.10. The first-order valence-electron chi connectivity index (χ1n) is 6.06. The molecule has 15 heavy (non-hydrogen) atoms. The quantitative estimate of drug-likeness (QED) is 0.708. The SMILES string of the molecule is CCCCC(CCCc1cccs1)NC. The van der Waals surface area contributed by atoms with E-state index in [1.165, 1.54) is 43.4 Å². The number of rotatable bonds is 8. The van der Waals surface area contributed by atoms with Crippen LogP contribution in [0.5, 0.6) is 0 Å². The molecule has 1 aromatic rings. The highest BCUT2D eigenvalue weighted by atomic mass is 32.1. The first-order valence-corrected chi connectivity index (χ1v) is 6.94. The van der Waals surface area contributed by atoms with E-state index in [0.717, 1.165) is 6.04 Å². The van der Waals surface area contributed by atoms with Gasteiger partial charge in [-0.1, -0.05) is 25.8 Å². The minimum Gasteiger partial charge on any atom is -0.317 e. The van der Waals surface area contributed by atoms with Crippen LogP contribution in [0.1, 0.15) is 43.9 Å². The molecule has 1 unspecified atom stereocenters. The number of hydrogen-bond acceptors (Lipinski definition) is 2. The minimum absolute atomic E-state index is 0.727. The van der Waals surface area contributed by atoms with Crippen LogP contribution in [0.3, 0.4) is 0 Å². The first kappa shape index (κ1) is 12.7. The summed E-state index contributed by atoms with van der Waals surface area (Å²) in [5.41, 5.74) is 0. The van der Waals surface area contributed by atoms with Gasteiger partial charge >= 0.3 is 0 Å². The molecule has 1 atom stereocenters. The topological polar surface area (TPSA) is 12.0 Å². The van der Waals surface area contributed by atoms with Crippen LogP contribution >= 0.6 is 11.3 Å². The van der Waals surface area contributed by atoms with E-state index in [-0.39, 0.29) is 0 Å². The Hall–Kier alpha value is -0.340. The lowest BCUT2D eigenvalue weighted by molar-refractivity contribution is 0.459. The molecule has 1 N–H and O–H groups in total. The van der Waals surface area contributed by atoms with Gasteiger partial charge in [-0.25, -0.2) is 0 Å². The zero-order valence-corrected chi connectivity index (χ0v) is 10.8. The Morgan fingerprint density at radius 3 is 2.73 bits per heavy atom. The summed E-state index contributed by atoms with van der Waals surface area (Å²) in [4.78, 5) is 1.53. The molecule has 1 heterocycles. The summed E-state index contributed by atoms with van der Waals surface area (Å²) in [5.74, 6) is 0. The van der Waals surface area contributed by atoms with Crippen LogP contribution in [0.25, 0.3) is 0 Å². The fourth-order valence-corrected chi connectivity index (χ4v) is 2.61. The van der Waals surface area contributed by atoms with E-state index in [2.05, 4.69) is 36.8 Å². The van der Waals surface area contributed by atoms with E-state index in [0.29, 0.717) is 0 Å². The summed E-state index contributed by atoms with van der Waals surface area (Å²) in [7, 11) is 2.09. The molecule has 0 aliphatic heterocycles. The Kier molecular flexibility index (Phi) is 6.69. The lowest BCUT2D eigenvalue weighted by atomic mass is 10.0. The number of unbranched alkanes of at least 4 members (excludes halogenated alkanes) is 1. The van der Waals surface area contributed by atoms with Crippen LogP contribution < -0.4 is 5.32 Å².